The molecule has 3 aliphatic heterocycles. The van der Waals surface area contributed by atoms with Crippen molar-refractivity contribution < 1.29 is 0 Å². The first kappa shape index (κ1) is 13.8. The van der Waals surface area contributed by atoms with Gasteiger partial charge >= 0.3 is 0 Å². The Balaban J connectivity index is 1.58. The van der Waals surface area contributed by atoms with Crippen LogP contribution >= 0.6 is 0 Å². The first-order valence-electron chi connectivity index (χ1n) is 8.43. The summed E-state index contributed by atoms with van der Waals surface area (Å²) in [6.45, 7) is 10.4. The van der Waals surface area contributed by atoms with E-state index < -0.39 is 0 Å². The Bertz CT molecular complexity index is 294. The van der Waals surface area contributed by atoms with Gasteiger partial charge in [0.2, 0.25) is 0 Å². The summed E-state index contributed by atoms with van der Waals surface area (Å²) in [6.07, 6.45) is 7.05. The zero-order chi connectivity index (χ0) is 13.2. The van der Waals surface area contributed by atoms with Crippen molar-refractivity contribution in [3.8, 4) is 0 Å². The average Bonchev–Trinajstić information content (AvgIpc) is 2.85. The first-order chi connectivity index (χ1) is 9.26. The van der Waals surface area contributed by atoms with Gasteiger partial charge in [0.25, 0.3) is 0 Å². The molecular formula is C16H31N3. The van der Waals surface area contributed by atoms with Crippen LogP contribution in [-0.2, 0) is 0 Å². The highest BCUT2D eigenvalue weighted by molar-refractivity contribution is 4.92. The largest absolute Gasteiger partial charge is 0.306 e. The van der Waals surface area contributed by atoms with E-state index in [0.29, 0.717) is 0 Å². The SMILES string of the molecule is CCC1CN2CCCC2CN1CC1CCCN(C)C1. The molecule has 19 heavy (non-hydrogen) atoms. The monoisotopic (exact) mass is 265 g/mol. The van der Waals surface area contributed by atoms with Crippen LogP contribution in [0, 0.1) is 5.92 Å². The molecule has 3 heterocycles. The highest BCUT2D eigenvalue weighted by Gasteiger charge is 2.36. The molecule has 0 amide bonds. The molecule has 0 aromatic carbocycles. The summed E-state index contributed by atoms with van der Waals surface area (Å²) in [5.41, 5.74) is 0. The number of piperazine rings is 1. The predicted octanol–water partition coefficient (Wildman–Crippen LogP) is 1.89. The number of hydrogen-bond donors (Lipinski definition) is 0. The van der Waals surface area contributed by atoms with Crippen LogP contribution < -0.4 is 0 Å². The molecule has 0 radical (unpaired) electrons. The molecule has 0 aliphatic carbocycles. The maximum Gasteiger partial charge on any atom is 0.0224 e. The second-order valence-corrected chi connectivity index (χ2v) is 7.08. The Morgan fingerprint density at radius 1 is 1.00 bits per heavy atom. The van der Waals surface area contributed by atoms with Crippen LogP contribution in [0.1, 0.15) is 39.0 Å². The summed E-state index contributed by atoms with van der Waals surface area (Å²) in [5, 5.41) is 0. The van der Waals surface area contributed by atoms with Crippen LogP contribution in [0.25, 0.3) is 0 Å². The van der Waals surface area contributed by atoms with Crippen molar-refractivity contribution in [1.82, 2.24) is 14.7 Å². The zero-order valence-electron chi connectivity index (χ0n) is 12.9. The average molecular weight is 265 g/mol. The van der Waals surface area contributed by atoms with Crippen LogP contribution in [0.15, 0.2) is 0 Å². The maximum atomic E-state index is 2.84. The lowest BCUT2D eigenvalue weighted by molar-refractivity contribution is 0.0287. The van der Waals surface area contributed by atoms with E-state index in [9.17, 15) is 0 Å². The lowest BCUT2D eigenvalue weighted by atomic mass is 9.95. The summed E-state index contributed by atoms with van der Waals surface area (Å²) in [4.78, 5) is 8.13. The highest BCUT2D eigenvalue weighted by atomic mass is 15.3. The normalized spacial score (nSPS) is 38.5. The van der Waals surface area contributed by atoms with Gasteiger partial charge in [-0.1, -0.05) is 6.92 Å². The topological polar surface area (TPSA) is 9.72 Å². The molecule has 3 rings (SSSR count). The van der Waals surface area contributed by atoms with Crippen LogP contribution in [0.2, 0.25) is 0 Å². The van der Waals surface area contributed by atoms with E-state index in [1.54, 1.807) is 0 Å². The molecule has 0 N–H and O–H groups in total. The van der Waals surface area contributed by atoms with Gasteiger partial charge in [-0.05, 0) is 58.2 Å². The van der Waals surface area contributed by atoms with Crippen LogP contribution in [0.5, 0.6) is 0 Å². The van der Waals surface area contributed by atoms with E-state index in [4.69, 9.17) is 0 Å². The van der Waals surface area contributed by atoms with Crippen molar-refractivity contribution in [2.45, 2.75) is 51.1 Å². The molecule has 110 valence electrons. The summed E-state index contributed by atoms with van der Waals surface area (Å²) < 4.78 is 0. The molecule has 3 nitrogen and oxygen atoms in total. The summed E-state index contributed by atoms with van der Waals surface area (Å²) >= 11 is 0. The maximum absolute atomic E-state index is 2.84. The fourth-order valence-electron chi connectivity index (χ4n) is 4.51. The standard InChI is InChI=1S/C16H31N3/c1-3-15-12-18-9-5-7-16(18)13-19(15)11-14-6-4-8-17(2)10-14/h14-16H,3-13H2,1-2H3. The number of likely N-dealkylation sites (tertiary alicyclic amines) is 1. The molecule has 0 bridgehead atoms. The Labute approximate surface area is 118 Å². The minimum Gasteiger partial charge on any atom is -0.306 e. The number of rotatable bonds is 3. The van der Waals surface area contributed by atoms with Crippen LogP contribution in [0.4, 0.5) is 0 Å². The van der Waals surface area contributed by atoms with Crippen molar-refractivity contribution in [2.75, 3.05) is 46.3 Å². The summed E-state index contributed by atoms with van der Waals surface area (Å²) in [6, 6.07) is 1.70. The van der Waals surface area contributed by atoms with Gasteiger partial charge in [0, 0.05) is 38.3 Å². The van der Waals surface area contributed by atoms with E-state index >= 15 is 0 Å². The molecule has 0 aromatic rings. The van der Waals surface area contributed by atoms with Gasteiger partial charge in [-0.2, -0.15) is 0 Å². The van der Waals surface area contributed by atoms with E-state index in [0.717, 1.165) is 18.0 Å². The Kier molecular flexibility index (Phi) is 4.45. The molecule has 0 aromatic heterocycles. The number of hydrogen-bond acceptors (Lipinski definition) is 3. The minimum absolute atomic E-state index is 0.821. The number of fused-ring (bicyclic) bond motifs is 1. The van der Waals surface area contributed by atoms with Crippen molar-refractivity contribution >= 4 is 0 Å². The quantitative estimate of drug-likeness (QED) is 0.771. The first-order valence-corrected chi connectivity index (χ1v) is 8.43. The molecular weight excluding hydrogens is 234 g/mol. The molecule has 0 saturated carbocycles. The van der Waals surface area contributed by atoms with Gasteiger partial charge in [-0.25, -0.2) is 0 Å². The number of piperidine rings is 1. The lowest BCUT2D eigenvalue weighted by Crippen LogP contribution is -2.57. The summed E-state index contributed by atoms with van der Waals surface area (Å²) in [7, 11) is 2.29. The molecule has 0 spiro atoms. The van der Waals surface area contributed by atoms with E-state index in [1.807, 2.05) is 0 Å². The molecule has 3 saturated heterocycles. The second kappa shape index (κ2) is 6.11. The van der Waals surface area contributed by atoms with Crippen molar-refractivity contribution in [2.24, 2.45) is 5.92 Å². The van der Waals surface area contributed by atoms with Gasteiger partial charge < -0.3 is 4.90 Å². The van der Waals surface area contributed by atoms with Gasteiger partial charge in [0.05, 0.1) is 0 Å². The smallest absolute Gasteiger partial charge is 0.0224 e. The predicted molar refractivity (Wildman–Crippen MR) is 80.5 cm³/mol. The van der Waals surface area contributed by atoms with Crippen LogP contribution in [-0.4, -0.2) is 73.1 Å². The Morgan fingerprint density at radius 3 is 2.63 bits per heavy atom. The Morgan fingerprint density at radius 2 is 1.84 bits per heavy atom. The fraction of sp³-hybridized carbons (Fsp3) is 1.00. The van der Waals surface area contributed by atoms with E-state index in [1.165, 1.54) is 71.4 Å². The molecule has 3 heteroatoms. The minimum atomic E-state index is 0.821. The van der Waals surface area contributed by atoms with Gasteiger partial charge in [-0.3, -0.25) is 9.80 Å². The third-order valence-corrected chi connectivity index (χ3v) is 5.59. The third kappa shape index (κ3) is 3.14. The van der Waals surface area contributed by atoms with Gasteiger partial charge in [0.1, 0.15) is 0 Å². The lowest BCUT2D eigenvalue weighted by Gasteiger charge is -2.45. The third-order valence-electron chi connectivity index (χ3n) is 5.59. The highest BCUT2D eigenvalue weighted by Crippen LogP contribution is 2.27. The van der Waals surface area contributed by atoms with E-state index in [-0.39, 0.29) is 0 Å². The summed E-state index contributed by atoms with van der Waals surface area (Å²) in [5.74, 6) is 0.917. The van der Waals surface area contributed by atoms with Crippen molar-refractivity contribution in [3.63, 3.8) is 0 Å². The molecule has 3 fully saturated rings. The van der Waals surface area contributed by atoms with E-state index in [2.05, 4.69) is 28.7 Å². The zero-order valence-corrected chi connectivity index (χ0v) is 12.9. The number of nitrogens with zero attached hydrogens (tertiary/aromatic N) is 3. The van der Waals surface area contributed by atoms with Crippen molar-refractivity contribution in [3.05, 3.63) is 0 Å². The van der Waals surface area contributed by atoms with Crippen molar-refractivity contribution in [1.29, 1.82) is 0 Å². The Hall–Kier alpha value is -0.120. The molecule has 3 aliphatic rings. The molecule has 3 atom stereocenters. The van der Waals surface area contributed by atoms with Crippen LogP contribution in [0.3, 0.4) is 0 Å². The molecule has 3 unspecified atom stereocenters. The second-order valence-electron chi connectivity index (χ2n) is 7.08. The fourth-order valence-corrected chi connectivity index (χ4v) is 4.51. The van der Waals surface area contributed by atoms with Gasteiger partial charge in [-0.15, -0.1) is 0 Å². The van der Waals surface area contributed by atoms with Gasteiger partial charge in [0.15, 0.2) is 0 Å².